The number of rotatable bonds is 6. The number of fused-ring (bicyclic) bond motifs is 1. The molecule has 2 aliphatic rings. The first-order valence-electron chi connectivity index (χ1n) is 11.5. The molecule has 0 amide bonds. The minimum Gasteiger partial charge on any atom is -0.497 e. The average Bonchev–Trinajstić information content (AvgIpc) is 3.68. The summed E-state index contributed by atoms with van der Waals surface area (Å²) in [6.07, 6.45) is 2.93. The molecule has 1 aliphatic carbocycles. The highest BCUT2D eigenvalue weighted by Gasteiger charge is 2.38. The summed E-state index contributed by atoms with van der Waals surface area (Å²) in [7, 11) is 1.67. The maximum Gasteiger partial charge on any atom is 0.490 e. The molecule has 0 bridgehead atoms. The summed E-state index contributed by atoms with van der Waals surface area (Å²) in [5.41, 5.74) is 1.71. The van der Waals surface area contributed by atoms with E-state index >= 15 is 0 Å². The first-order valence-corrected chi connectivity index (χ1v) is 11.5. The molecular formula is C24H26F3N5O4. The van der Waals surface area contributed by atoms with Crippen LogP contribution in [0.25, 0.3) is 11.0 Å². The third-order valence-electron chi connectivity index (χ3n) is 5.69. The van der Waals surface area contributed by atoms with Crippen molar-refractivity contribution < 1.29 is 32.5 Å². The molecule has 12 heteroatoms. The molecular weight excluding hydrogens is 479 g/mol. The number of carboxylic acids is 1. The van der Waals surface area contributed by atoms with Crippen molar-refractivity contribution in [3.05, 3.63) is 42.7 Å². The Hall–Kier alpha value is -3.83. The van der Waals surface area contributed by atoms with Crippen LogP contribution < -0.4 is 19.7 Å². The Kier molecular flexibility index (Phi) is 7.61. The highest BCUT2D eigenvalue weighted by Crippen LogP contribution is 2.32. The number of nitrogens with zero attached hydrogens (tertiary/aromatic N) is 4. The van der Waals surface area contributed by atoms with Crippen LogP contribution >= 0.6 is 0 Å². The predicted octanol–water partition coefficient (Wildman–Crippen LogP) is 4.29. The zero-order valence-corrected chi connectivity index (χ0v) is 19.5. The number of methoxy groups -OCH3 is 1. The molecule has 0 unspecified atom stereocenters. The average molecular weight is 505 g/mol. The van der Waals surface area contributed by atoms with Crippen molar-refractivity contribution in [1.29, 1.82) is 0 Å². The molecule has 0 radical (unpaired) electrons. The highest BCUT2D eigenvalue weighted by atomic mass is 19.4. The van der Waals surface area contributed by atoms with Gasteiger partial charge in [-0.05, 0) is 31.0 Å². The summed E-state index contributed by atoms with van der Waals surface area (Å²) in [5, 5.41) is 10.7. The van der Waals surface area contributed by atoms with E-state index < -0.39 is 12.1 Å². The smallest absolute Gasteiger partial charge is 0.490 e. The third kappa shape index (κ3) is 6.64. The second-order valence-electron chi connectivity index (χ2n) is 8.46. The molecule has 1 saturated heterocycles. The van der Waals surface area contributed by atoms with Gasteiger partial charge in [-0.15, -0.1) is 0 Å². The normalized spacial score (nSPS) is 16.2. The predicted molar refractivity (Wildman–Crippen MR) is 127 cm³/mol. The van der Waals surface area contributed by atoms with Gasteiger partial charge in [0, 0.05) is 44.2 Å². The van der Waals surface area contributed by atoms with Gasteiger partial charge in [-0.25, -0.2) is 14.8 Å². The van der Waals surface area contributed by atoms with Crippen molar-refractivity contribution in [1.82, 2.24) is 15.0 Å². The highest BCUT2D eigenvalue weighted by molar-refractivity contribution is 5.80. The molecule has 3 aromatic rings. The number of carboxylic acid groups (broad SMARTS) is 1. The number of benzene rings is 1. The summed E-state index contributed by atoms with van der Waals surface area (Å²) in [6.45, 7) is 1.77. The maximum atomic E-state index is 10.6. The lowest BCUT2D eigenvalue weighted by Crippen LogP contribution is -2.39. The number of aliphatic carboxylic acids is 1. The van der Waals surface area contributed by atoms with Crippen molar-refractivity contribution in [2.45, 2.75) is 44.0 Å². The summed E-state index contributed by atoms with van der Waals surface area (Å²) < 4.78 is 43.2. The Morgan fingerprint density at radius 2 is 1.78 bits per heavy atom. The SMILES string of the molecule is COc1cccc(OC2CCN(c3nc4cnccc4nc3NC3CC3)CC2)c1.O=C(O)C(F)(F)F. The molecule has 5 rings (SSSR count). The quantitative estimate of drug-likeness (QED) is 0.507. The molecule has 1 aliphatic heterocycles. The zero-order valence-electron chi connectivity index (χ0n) is 19.5. The molecule has 0 atom stereocenters. The number of anilines is 2. The molecule has 0 spiro atoms. The molecule has 36 heavy (non-hydrogen) atoms. The molecule has 192 valence electrons. The van der Waals surface area contributed by atoms with E-state index in [1.54, 1.807) is 19.5 Å². The Balaban J connectivity index is 0.000000384. The number of aromatic nitrogens is 3. The lowest BCUT2D eigenvalue weighted by atomic mass is 10.1. The number of nitrogens with one attached hydrogen (secondary N) is 1. The zero-order chi connectivity index (χ0) is 25.7. The number of ether oxygens (including phenoxy) is 2. The van der Waals surface area contributed by atoms with Gasteiger partial charge in [0.2, 0.25) is 0 Å². The lowest BCUT2D eigenvalue weighted by molar-refractivity contribution is -0.192. The van der Waals surface area contributed by atoms with Crippen LogP contribution in [0.15, 0.2) is 42.7 Å². The Labute approximate surface area is 205 Å². The van der Waals surface area contributed by atoms with Gasteiger partial charge in [0.15, 0.2) is 11.6 Å². The number of carbonyl (C=O) groups is 1. The topological polar surface area (TPSA) is 110 Å². The molecule has 2 aromatic heterocycles. The van der Waals surface area contributed by atoms with E-state index in [1.165, 1.54) is 12.8 Å². The Morgan fingerprint density at radius 3 is 2.42 bits per heavy atom. The van der Waals surface area contributed by atoms with E-state index in [4.69, 9.17) is 29.3 Å². The van der Waals surface area contributed by atoms with E-state index in [0.29, 0.717) is 6.04 Å². The van der Waals surface area contributed by atoms with Crippen LogP contribution in [0.2, 0.25) is 0 Å². The standard InChI is InChI=1S/C22H25N5O2.C2HF3O2/c1-28-17-3-2-4-18(13-17)29-16-8-11-27(12-9-16)22-21(24-15-5-6-15)25-19-7-10-23-14-20(19)26-22;3-2(4,5)1(6)7/h2-4,7,10,13-16H,5-6,8-9,11-12H2,1H3,(H,24,25);(H,6,7). The van der Waals surface area contributed by atoms with E-state index in [2.05, 4.69) is 15.2 Å². The summed E-state index contributed by atoms with van der Waals surface area (Å²) in [4.78, 5) is 25.1. The fourth-order valence-electron chi connectivity index (χ4n) is 3.69. The summed E-state index contributed by atoms with van der Waals surface area (Å²) in [5.74, 6) is 0.731. The molecule has 3 heterocycles. The maximum absolute atomic E-state index is 10.6. The van der Waals surface area contributed by atoms with Gasteiger partial charge in [-0.3, -0.25) is 4.98 Å². The number of hydrogen-bond acceptors (Lipinski definition) is 8. The third-order valence-corrected chi connectivity index (χ3v) is 5.69. The largest absolute Gasteiger partial charge is 0.497 e. The van der Waals surface area contributed by atoms with Gasteiger partial charge in [-0.2, -0.15) is 13.2 Å². The van der Waals surface area contributed by atoms with Gasteiger partial charge < -0.3 is 24.8 Å². The van der Waals surface area contributed by atoms with Crippen LogP contribution in [0.5, 0.6) is 11.5 Å². The number of halogens is 3. The van der Waals surface area contributed by atoms with E-state index in [-0.39, 0.29) is 6.10 Å². The molecule has 9 nitrogen and oxygen atoms in total. The van der Waals surface area contributed by atoms with Crippen LogP contribution in [0.3, 0.4) is 0 Å². The summed E-state index contributed by atoms with van der Waals surface area (Å²) in [6, 6.07) is 10.2. The Bertz CT molecular complexity index is 1200. The van der Waals surface area contributed by atoms with Crippen LogP contribution in [0.1, 0.15) is 25.7 Å². The monoisotopic (exact) mass is 505 g/mol. The summed E-state index contributed by atoms with van der Waals surface area (Å²) >= 11 is 0. The van der Waals surface area contributed by atoms with Crippen LogP contribution in [0.4, 0.5) is 24.8 Å². The van der Waals surface area contributed by atoms with Gasteiger partial charge >= 0.3 is 12.1 Å². The van der Waals surface area contributed by atoms with Crippen LogP contribution in [-0.4, -0.2) is 64.5 Å². The van der Waals surface area contributed by atoms with E-state index in [0.717, 1.165) is 60.1 Å². The van der Waals surface area contributed by atoms with E-state index in [9.17, 15) is 13.2 Å². The van der Waals surface area contributed by atoms with Crippen molar-refractivity contribution in [2.75, 3.05) is 30.4 Å². The first-order chi connectivity index (χ1) is 17.2. The van der Waals surface area contributed by atoms with Crippen molar-refractivity contribution in [2.24, 2.45) is 0 Å². The first kappa shape index (κ1) is 25.3. The molecule has 1 aromatic carbocycles. The number of hydrogen-bond donors (Lipinski definition) is 2. The minimum absolute atomic E-state index is 0.188. The minimum atomic E-state index is -5.08. The Morgan fingerprint density at radius 1 is 1.08 bits per heavy atom. The number of piperidine rings is 1. The fourth-order valence-corrected chi connectivity index (χ4v) is 3.69. The second-order valence-corrected chi connectivity index (χ2v) is 8.46. The lowest BCUT2D eigenvalue weighted by Gasteiger charge is -2.33. The number of pyridine rings is 1. The fraction of sp³-hybridized carbons (Fsp3) is 0.417. The van der Waals surface area contributed by atoms with Crippen molar-refractivity contribution in [3.8, 4) is 11.5 Å². The van der Waals surface area contributed by atoms with Crippen molar-refractivity contribution in [3.63, 3.8) is 0 Å². The molecule has 2 N–H and O–H groups in total. The second kappa shape index (κ2) is 10.8. The molecule has 1 saturated carbocycles. The van der Waals surface area contributed by atoms with Gasteiger partial charge in [0.25, 0.3) is 0 Å². The van der Waals surface area contributed by atoms with E-state index in [1.807, 2.05) is 30.3 Å². The van der Waals surface area contributed by atoms with Crippen molar-refractivity contribution >= 4 is 28.6 Å². The van der Waals surface area contributed by atoms with Gasteiger partial charge in [-0.1, -0.05) is 6.07 Å². The van der Waals surface area contributed by atoms with Gasteiger partial charge in [0.1, 0.15) is 23.1 Å². The van der Waals surface area contributed by atoms with Crippen LogP contribution in [0, 0.1) is 0 Å². The molecule has 2 fully saturated rings. The van der Waals surface area contributed by atoms with Crippen LogP contribution in [-0.2, 0) is 4.79 Å². The number of alkyl halides is 3. The van der Waals surface area contributed by atoms with Gasteiger partial charge in [0.05, 0.1) is 18.8 Å².